The summed E-state index contributed by atoms with van der Waals surface area (Å²) in [5, 5.41) is 10.2. The monoisotopic (exact) mass is 446 g/mol. The highest BCUT2D eigenvalue weighted by Crippen LogP contribution is 2.43. The summed E-state index contributed by atoms with van der Waals surface area (Å²) < 4.78 is 33.2. The Labute approximate surface area is 188 Å². The predicted octanol–water partition coefficient (Wildman–Crippen LogP) is 4.53. The molecular formula is C24H30O8. The van der Waals surface area contributed by atoms with Gasteiger partial charge in [-0.25, -0.2) is 0 Å². The van der Waals surface area contributed by atoms with Crippen LogP contribution in [0.1, 0.15) is 38.0 Å². The van der Waals surface area contributed by atoms with Crippen molar-refractivity contribution in [3.8, 4) is 34.5 Å². The van der Waals surface area contributed by atoms with Gasteiger partial charge < -0.3 is 33.5 Å². The van der Waals surface area contributed by atoms with Crippen LogP contribution in [0.15, 0.2) is 30.3 Å². The number of aromatic hydroxyl groups is 1. The fourth-order valence-corrected chi connectivity index (χ4v) is 3.24. The lowest BCUT2D eigenvalue weighted by molar-refractivity contribution is -0.151. The Morgan fingerprint density at radius 1 is 0.906 bits per heavy atom. The summed E-state index contributed by atoms with van der Waals surface area (Å²) in [4.78, 5) is 11.9. The van der Waals surface area contributed by atoms with Crippen LogP contribution in [0.5, 0.6) is 34.5 Å². The third kappa shape index (κ3) is 5.57. The van der Waals surface area contributed by atoms with Crippen molar-refractivity contribution in [2.24, 2.45) is 0 Å². The maximum Gasteiger partial charge on any atom is 0.303 e. The zero-order valence-electron chi connectivity index (χ0n) is 19.4. The summed E-state index contributed by atoms with van der Waals surface area (Å²) >= 11 is 0. The molecule has 0 amide bonds. The number of hydrogen-bond donors (Lipinski definition) is 1. The van der Waals surface area contributed by atoms with E-state index in [9.17, 15) is 9.90 Å². The number of phenols is 1. The first-order valence-electron chi connectivity index (χ1n) is 9.96. The summed E-state index contributed by atoms with van der Waals surface area (Å²) in [6, 6.07) is 6.76. The van der Waals surface area contributed by atoms with Crippen molar-refractivity contribution in [3.63, 3.8) is 0 Å². The lowest BCUT2D eigenvalue weighted by atomic mass is 10.0. The van der Waals surface area contributed by atoms with Crippen molar-refractivity contribution < 1.29 is 38.3 Å². The number of rotatable bonds is 10. The molecular weight excluding hydrogens is 416 g/mol. The van der Waals surface area contributed by atoms with Crippen LogP contribution >= 0.6 is 0 Å². The van der Waals surface area contributed by atoms with Gasteiger partial charge in [-0.2, -0.15) is 0 Å². The zero-order valence-corrected chi connectivity index (χ0v) is 19.4. The van der Waals surface area contributed by atoms with Crippen LogP contribution in [0, 0.1) is 0 Å². The van der Waals surface area contributed by atoms with Gasteiger partial charge in [-0.1, -0.05) is 12.2 Å². The van der Waals surface area contributed by atoms with E-state index < -0.39 is 18.2 Å². The van der Waals surface area contributed by atoms with Gasteiger partial charge in [0.1, 0.15) is 6.10 Å². The van der Waals surface area contributed by atoms with Gasteiger partial charge in [-0.05, 0) is 43.7 Å². The molecule has 0 spiro atoms. The normalized spacial score (nSPS) is 12.7. The number of carbonyl (C=O) groups is 1. The van der Waals surface area contributed by atoms with Crippen molar-refractivity contribution in [1.82, 2.24) is 0 Å². The number of benzene rings is 2. The van der Waals surface area contributed by atoms with Crippen molar-refractivity contribution in [2.75, 3.05) is 28.4 Å². The molecule has 2 atom stereocenters. The fourth-order valence-electron chi connectivity index (χ4n) is 3.24. The Bertz CT molecular complexity index is 916. The second-order valence-electron chi connectivity index (χ2n) is 6.88. The van der Waals surface area contributed by atoms with Crippen molar-refractivity contribution >= 4 is 12.0 Å². The molecule has 0 aliphatic rings. The molecule has 0 bridgehead atoms. The van der Waals surface area contributed by atoms with E-state index in [1.807, 2.05) is 31.2 Å². The molecule has 0 radical (unpaired) electrons. The average molecular weight is 446 g/mol. The minimum absolute atomic E-state index is 0.156. The molecule has 0 aromatic heterocycles. The predicted molar refractivity (Wildman–Crippen MR) is 120 cm³/mol. The molecule has 2 aromatic rings. The molecule has 0 fully saturated rings. The van der Waals surface area contributed by atoms with E-state index in [0.29, 0.717) is 22.8 Å². The number of hydrogen-bond acceptors (Lipinski definition) is 8. The van der Waals surface area contributed by atoms with Crippen molar-refractivity contribution in [3.05, 3.63) is 41.5 Å². The van der Waals surface area contributed by atoms with Gasteiger partial charge in [-0.15, -0.1) is 0 Å². The van der Waals surface area contributed by atoms with Crippen molar-refractivity contribution in [1.29, 1.82) is 0 Å². The number of ether oxygens (including phenoxy) is 6. The summed E-state index contributed by atoms with van der Waals surface area (Å²) in [7, 11) is 5.90. The topological polar surface area (TPSA) is 92.7 Å². The summed E-state index contributed by atoms with van der Waals surface area (Å²) in [5.41, 5.74) is 1.40. The number of phenolic OH excluding ortho intramolecular Hbond substituents is 1. The van der Waals surface area contributed by atoms with E-state index in [1.54, 1.807) is 19.1 Å². The molecule has 8 heteroatoms. The fraction of sp³-hybridized carbons (Fsp3) is 0.375. The first-order valence-corrected chi connectivity index (χ1v) is 9.96. The van der Waals surface area contributed by atoms with Crippen LogP contribution in [-0.4, -0.2) is 45.6 Å². The van der Waals surface area contributed by atoms with Crippen LogP contribution in [-0.2, 0) is 9.53 Å². The molecule has 8 nitrogen and oxygen atoms in total. The molecule has 1 N–H and O–H groups in total. The first kappa shape index (κ1) is 24.7. The summed E-state index contributed by atoms with van der Waals surface area (Å²) in [5.74, 6) is 0.990. The Balaban J connectivity index is 2.52. The molecule has 2 aromatic carbocycles. The Morgan fingerprint density at radius 2 is 1.41 bits per heavy atom. The quantitative estimate of drug-likeness (QED) is 0.532. The molecule has 0 aliphatic carbocycles. The molecule has 0 saturated carbocycles. The summed E-state index contributed by atoms with van der Waals surface area (Å²) in [6.45, 7) is 4.97. The third-order valence-electron chi connectivity index (χ3n) is 4.70. The number of carbonyl (C=O) groups excluding carboxylic acids is 1. The molecule has 0 heterocycles. The number of esters is 1. The van der Waals surface area contributed by atoms with Crippen LogP contribution in [0.4, 0.5) is 0 Å². The Kier molecular flexibility index (Phi) is 8.63. The molecule has 2 unspecified atom stereocenters. The Hall–Kier alpha value is -3.55. The van der Waals surface area contributed by atoms with Crippen LogP contribution in [0.2, 0.25) is 0 Å². The minimum atomic E-state index is -0.847. The van der Waals surface area contributed by atoms with Gasteiger partial charge in [0.2, 0.25) is 11.5 Å². The smallest absolute Gasteiger partial charge is 0.303 e. The van der Waals surface area contributed by atoms with Crippen molar-refractivity contribution in [2.45, 2.75) is 33.0 Å². The second-order valence-corrected chi connectivity index (χ2v) is 6.88. The van der Waals surface area contributed by atoms with Gasteiger partial charge in [0.05, 0.1) is 28.4 Å². The SMILES string of the molecule is CC=Cc1cc(OC)c(OC(C)C(OC(C)=O)c2cc(OC)c(O)c(OC)c2)c(OC)c1. The second kappa shape index (κ2) is 11.2. The highest BCUT2D eigenvalue weighted by atomic mass is 16.6. The maximum absolute atomic E-state index is 11.9. The Morgan fingerprint density at radius 3 is 1.81 bits per heavy atom. The molecule has 32 heavy (non-hydrogen) atoms. The zero-order chi connectivity index (χ0) is 23.8. The van der Waals surface area contributed by atoms with E-state index in [4.69, 9.17) is 28.4 Å². The lowest BCUT2D eigenvalue weighted by Crippen LogP contribution is -2.26. The molecule has 2 rings (SSSR count). The van der Waals surface area contributed by atoms with E-state index in [-0.39, 0.29) is 17.2 Å². The van der Waals surface area contributed by atoms with Gasteiger partial charge in [0, 0.05) is 12.5 Å². The standard InChI is InChI=1S/C24H30O8/c1-8-9-16-10-20(29-6)24(21(11-16)30-7)31-14(2)23(32-15(3)25)17-12-18(27-4)22(26)19(13-17)28-5/h8-14,23,26H,1-7H3. The minimum Gasteiger partial charge on any atom is -0.502 e. The highest BCUT2D eigenvalue weighted by Gasteiger charge is 2.29. The van der Waals surface area contributed by atoms with E-state index in [2.05, 4.69) is 0 Å². The van der Waals surface area contributed by atoms with Gasteiger partial charge in [-0.3, -0.25) is 4.79 Å². The molecule has 0 saturated heterocycles. The van der Waals surface area contributed by atoms with Crippen LogP contribution in [0.25, 0.3) is 6.08 Å². The highest BCUT2D eigenvalue weighted by molar-refractivity contribution is 5.67. The van der Waals surface area contributed by atoms with Crippen LogP contribution in [0.3, 0.4) is 0 Å². The molecule has 174 valence electrons. The average Bonchev–Trinajstić information content (AvgIpc) is 2.78. The van der Waals surface area contributed by atoms with Gasteiger partial charge >= 0.3 is 5.97 Å². The van der Waals surface area contributed by atoms with E-state index in [0.717, 1.165) is 5.56 Å². The van der Waals surface area contributed by atoms with Gasteiger partial charge in [0.25, 0.3) is 0 Å². The first-order chi connectivity index (χ1) is 15.3. The lowest BCUT2D eigenvalue weighted by Gasteiger charge is -2.27. The van der Waals surface area contributed by atoms with E-state index >= 15 is 0 Å². The molecule has 0 aliphatic heterocycles. The van der Waals surface area contributed by atoms with Gasteiger partial charge in [0.15, 0.2) is 29.1 Å². The number of allylic oxidation sites excluding steroid dienone is 1. The van der Waals surface area contributed by atoms with E-state index in [1.165, 1.54) is 35.4 Å². The largest absolute Gasteiger partial charge is 0.502 e. The maximum atomic E-state index is 11.9. The van der Waals surface area contributed by atoms with Crippen LogP contribution < -0.4 is 23.7 Å². The third-order valence-corrected chi connectivity index (χ3v) is 4.70. The summed E-state index contributed by atoms with van der Waals surface area (Å²) in [6.07, 6.45) is 2.29. The number of methoxy groups -OCH3 is 4.